The molecule has 0 spiro atoms. The summed E-state index contributed by atoms with van der Waals surface area (Å²) < 4.78 is 14.4. The van der Waals surface area contributed by atoms with Crippen LogP contribution in [0.2, 0.25) is 0 Å². The molecule has 0 amide bonds. The maximum absolute atomic E-state index is 14.4. The number of aromatic nitrogens is 1. The maximum Gasteiger partial charge on any atom is 0.131 e. The number of hydrogen-bond acceptors (Lipinski definition) is 1. The van der Waals surface area contributed by atoms with Gasteiger partial charge in [0.2, 0.25) is 0 Å². The van der Waals surface area contributed by atoms with E-state index in [4.69, 9.17) is 0 Å². The lowest BCUT2D eigenvalue weighted by Gasteiger charge is -2.09. The Bertz CT molecular complexity index is 882. The van der Waals surface area contributed by atoms with E-state index in [1.54, 1.807) is 6.07 Å². The van der Waals surface area contributed by atoms with Gasteiger partial charge in [0, 0.05) is 17.3 Å². The summed E-state index contributed by atoms with van der Waals surface area (Å²) in [6.07, 6.45) is 3.53. The molecule has 0 aliphatic heterocycles. The lowest BCUT2D eigenvalue weighted by molar-refractivity contribution is 0.627. The van der Waals surface area contributed by atoms with Crippen LogP contribution in [0.15, 0.2) is 48.7 Å². The molecule has 2 nitrogen and oxygen atoms in total. The summed E-state index contributed by atoms with van der Waals surface area (Å²) >= 11 is 0. The summed E-state index contributed by atoms with van der Waals surface area (Å²) in [7, 11) is 0. The molecule has 0 radical (unpaired) electrons. The zero-order valence-corrected chi connectivity index (χ0v) is 11.4. The summed E-state index contributed by atoms with van der Waals surface area (Å²) in [6, 6.07) is 15.3. The zero-order chi connectivity index (χ0) is 14.4. The fourth-order valence-electron chi connectivity index (χ4n) is 2.86. The molecule has 0 atom stereocenters. The van der Waals surface area contributed by atoms with Gasteiger partial charge in [0.25, 0.3) is 0 Å². The second-order valence-electron chi connectivity index (χ2n) is 5.67. The number of benzene rings is 2. The third-order valence-corrected chi connectivity index (χ3v) is 4.35. The van der Waals surface area contributed by atoms with E-state index in [2.05, 4.69) is 11.1 Å². The molecule has 1 heterocycles. The number of hydrogen-bond donors (Lipinski definition) is 1. The van der Waals surface area contributed by atoms with Crippen molar-refractivity contribution >= 4 is 10.9 Å². The van der Waals surface area contributed by atoms with Gasteiger partial charge in [-0.1, -0.05) is 18.2 Å². The lowest BCUT2D eigenvalue weighted by Crippen LogP contribution is -2.03. The molecule has 1 saturated carbocycles. The Labute approximate surface area is 121 Å². The standard InChI is InChI=1S/C18H13FN2/c19-16-10-14(18(11-20)6-7-18)2-3-15(16)12-1-4-17-13(9-12)5-8-21-17/h1-5,8-10,21H,6-7H2. The zero-order valence-electron chi connectivity index (χ0n) is 11.4. The first kappa shape index (κ1) is 12.2. The van der Waals surface area contributed by atoms with Crippen molar-refractivity contribution in [2.24, 2.45) is 0 Å². The summed E-state index contributed by atoms with van der Waals surface area (Å²) in [4.78, 5) is 3.13. The van der Waals surface area contributed by atoms with Gasteiger partial charge in [0.15, 0.2) is 0 Å². The van der Waals surface area contributed by atoms with Crippen molar-refractivity contribution in [3.63, 3.8) is 0 Å². The molecule has 0 unspecified atom stereocenters. The van der Waals surface area contributed by atoms with Crippen molar-refractivity contribution in [2.45, 2.75) is 18.3 Å². The van der Waals surface area contributed by atoms with Crippen LogP contribution in [0.5, 0.6) is 0 Å². The minimum absolute atomic E-state index is 0.260. The van der Waals surface area contributed by atoms with Crippen LogP contribution in [-0.2, 0) is 5.41 Å². The number of halogens is 1. The molecule has 3 heteroatoms. The van der Waals surface area contributed by atoms with E-state index in [0.29, 0.717) is 5.56 Å². The highest BCUT2D eigenvalue weighted by Crippen LogP contribution is 2.48. The van der Waals surface area contributed by atoms with Gasteiger partial charge in [-0.3, -0.25) is 0 Å². The van der Waals surface area contributed by atoms with Crippen molar-refractivity contribution in [3.05, 3.63) is 60.0 Å². The predicted octanol–water partition coefficient (Wildman–Crippen LogP) is 4.53. The Balaban J connectivity index is 1.80. The van der Waals surface area contributed by atoms with Crippen LogP contribution in [0.3, 0.4) is 0 Å². The Morgan fingerprint density at radius 2 is 1.95 bits per heavy atom. The first-order chi connectivity index (χ1) is 10.2. The third-order valence-electron chi connectivity index (χ3n) is 4.35. The number of nitrogens with zero attached hydrogens (tertiary/aromatic N) is 1. The molecule has 2 aromatic carbocycles. The van der Waals surface area contributed by atoms with Gasteiger partial charge in [-0.15, -0.1) is 0 Å². The average molecular weight is 276 g/mol. The largest absolute Gasteiger partial charge is 0.361 e. The van der Waals surface area contributed by atoms with E-state index < -0.39 is 5.41 Å². The molecular formula is C18H13FN2. The summed E-state index contributed by atoms with van der Waals surface area (Å²) in [5, 5.41) is 10.3. The van der Waals surface area contributed by atoms with Gasteiger partial charge in [-0.25, -0.2) is 4.39 Å². The second-order valence-corrected chi connectivity index (χ2v) is 5.67. The van der Waals surface area contributed by atoms with E-state index in [-0.39, 0.29) is 5.82 Å². The highest BCUT2D eigenvalue weighted by atomic mass is 19.1. The van der Waals surface area contributed by atoms with Crippen LogP contribution >= 0.6 is 0 Å². The number of rotatable bonds is 2. The second kappa shape index (κ2) is 4.20. The Morgan fingerprint density at radius 1 is 1.10 bits per heavy atom. The molecule has 3 aromatic rings. The molecule has 0 bridgehead atoms. The van der Waals surface area contributed by atoms with Gasteiger partial charge >= 0.3 is 0 Å². The lowest BCUT2D eigenvalue weighted by atomic mass is 9.94. The van der Waals surface area contributed by atoms with Gasteiger partial charge < -0.3 is 4.98 Å². The van der Waals surface area contributed by atoms with Gasteiger partial charge in [-0.05, 0) is 53.6 Å². The van der Waals surface area contributed by atoms with Crippen LogP contribution in [0.25, 0.3) is 22.0 Å². The topological polar surface area (TPSA) is 39.6 Å². The molecule has 4 rings (SSSR count). The Kier molecular flexibility index (Phi) is 2.43. The van der Waals surface area contributed by atoms with E-state index in [0.717, 1.165) is 34.9 Å². The predicted molar refractivity (Wildman–Crippen MR) is 80.2 cm³/mol. The molecule has 1 aromatic heterocycles. The fraction of sp³-hybridized carbons (Fsp3) is 0.167. The van der Waals surface area contributed by atoms with Crippen molar-refractivity contribution in [3.8, 4) is 17.2 Å². The highest BCUT2D eigenvalue weighted by Gasteiger charge is 2.45. The quantitative estimate of drug-likeness (QED) is 0.734. The first-order valence-corrected chi connectivity index (χ1v) is 7.01. The van der Waals surface area contributed by atoms with Crippen molar-refractivity contribution in [1.29, 1.82) is 5.26 Å². The first-order valence-electron chi connectivity index (χ1n) is 7.01. The molecule has 1 fully saturated rings. The van der Waals surface area contributed by atoms with Crippen molar-refractivity contribution < 1.29 is 4.39 Å². The average Bonchev–Trinajstić information content (AvgIpc) is 3.17. The smallest absolute Gasteiger partial charge is 0.131 e. The van der Waals surface area contributed by atoms with E-state index >= 15 is 0 Å². The number of aromatic amines is 1. The number of nitrogens with one attached hydrogen (secondary N) is 1. The van der Waals surface area contributed by atoms with Crippen LogP contribution in [0.1, 0.15) is 18.4 Å². The third kappa shape index (κ3) is 1.84. The van der Waals surface area contributed by atoms with Crippen LogP contribution in [-0.4, -0.2) is 4.98 Å². The molecule has 1 aliphatic carbocycles. The van der Waals surface area contributed by atoms with E-state index in [9.17, 15) is 9.65 Å². The summed E-state index contributed by atoms with van der Waals surface area (Å²) in [6.45, 7) is 0. The summed E-state index contributed by atoms with van der Waals surface area (Å²) in [5.41, 5.74) is 2.83. The molecule has 0 saturated heterocycles. The monoisotopic (exact) mass is 276 g/mol. The Hall–Kier alpha value is -2.60. The van der Waals surface area contributed by atoms with Crippen molar-refractivity contribution in [2.75, 3.05) is 0 Å². The molecule has 102 valence electrons. The fourth-order valence-corrected chi connectivity index (χ4v) is 2.86. The molecule has 1 aliphatic rings. The van der Waals surface area contributed by atoms with Crippen molar-refractivity contribution in [1.82, 2.24) is 4.98 Å². The minimum atomic E-state index is -0.441. The maximum atomic E-state index is 14.4. The van der Waals surface area contributed by atoms with Crippen LogP contribution in [0, 0.1) is 17.1 Å². The molecular weight excluding hydrogens is 263 g/mol. The summed E-state index contributed by atoms with van der Waals surface area (Å²) in [5.74, 6) is -0.260. The van der Waals surface area contributed by atoms with Gasteiger partial charge in [-0.2, -0.15) is 5.26 Å². The molecule has 21 heavy (non-hydrogen) atoms. The number of nitriles is 1. The number of fused-ring (bicyclic) bond motifs is 1. The van der Waals surface area contributed by atoms with Crippen LogP contribution < -0.4 is 0 Å². The number of H-pyrrole nitrogens is 1. The minimum Gasteiger partial charge on any atom is -0.361 e. The normalized spacial score (nSPS) is 15.8. The Morgan fingerprint density at radius 3 is 2.67 bits per heavy atom. The van der Waals surface area contributed by atoms with Gasteiger partial charge in [0.05, 0.1) is 11.5 Å². The van der Waals surface area contributed by atoms with E-state index in [1.165, 1.54) is 6.07 Å². The SMILES string of the molecule is N#CC1(c2ccc(-c3ccc4[nH]ccc4c3)c(F)c2)CC1. The van der Waals surface area contributed by atoms with E-state index in [1.807, 2.05) is 36.5 Å². The molecule has 1 N–H and O–H groups in total. The highest BCUT2D eigenvalue weighted by molar-refractivity contribution is 5.85. The van der Waals surface area contributed by atoms with Crippen LogP contribution in [0.4, 0.5) is 4.39 Å². The van der Waals surface area contributed by atoms with Gasteiger partial charge in [0.1, 0.15) is 5.82 Å².